The molecule has 1 amide bonds. The van der Waals surface area contributed by atoms with Crippen LogP contribution in [0.2, 0.25) is 0 Å². The van der Waals surface area contributed by atoms with Gasteiger partial charge in [-0.25, -0.2) is 0 Å². The summed E-state index contributed by atoms with van der Waals surface area (Å²) in [5.41, 5.74) is 2.16. The Morgan fingerprint density at radius 1 is 1.22 bits per heavy atom. The van der Waals surface area contributed by atoms with Crippen molar-refractivity contribution in [2.75, 3.05) is 6.26 Å². The lowest BCUT2D eigenvalue weighted by molar-refractivity contribution is 0.0690. The van der Waals surface area contributed by atoms with Crippen LogP contribution in [0.25, 0.3) is 0 Å². The molecule has 0 radical (unpaired) electrons. The summed E-state index contributed by atoms with van der Waals surface area (Å²) in [4.78, 5) is 15.8. The number of benzene rings is 2. The maximum Gasteiger partial charge on any atom is 0.254 e. The van der Waals surface area contributed by atoms with Gasteiger partial charge in [0, 0.05) is 23.0 Å². The van der Waals surface area contributed by atoms with Crippen molar-refractivity contribution < 1.29 is 4.79 Å². The molecule has 4 heteroatoms. The molecule has 0 saturated carbocycles. The fraction of sp³-hybridized carbons (Fsp3) is 0.263. The Morgan fingerprint density at radius 3 is 2.61 bits per heavy atom. The van der Waals surface area contributed by atoms with Gasteiger partial charge in [0.15, 0.2) is 0 Å². The third kappa shape index (κ3) is 4.37. The first kappa shape index (κ1) is 17.1. The Morgan fingerprint density at radius 2 is 1.96 bits per heavy atom. The van der Waals surface area contributed by atoms with E-state index >= 15 is 0 Å². The monoisotopic (exact) mass is 324 g/mol. The smallest absolute Gasteiger partial charge is 0.254 e. The lowest BCUT2D eigenvalue weighted by Gasteiger charge is -2.27. The second-order valence-corrected chi connectivity index (χ2v) is 6.45. The van der Waals surface area contributed by atoms with Crippen LogP contribution in [0.5, 0.6) is 0 Å². The molecule has 0 heterocycles. The van der Waals surface area contributed by atoms with Crippen LogP contribution in [0, 0.1) is 11.3 Å². The van der Waals surface area contributed by atoms with E-state index in [4.69, 9.17) is 5.26 Å². The van der Waals surface area contributed by atoms with Gasteiger partial charge in [0.05, 0.1) is 11.6 Å². The van der Waals surface area contributed by atoms with Crippen LogP contribution in [-0.2, 0) is 6.54 Å². The van der Waals surface area contributed by atoms with E-state index in [2.05, 4.69) is 18.2 Å². The highest BCUT2D eigenvalue weighted by Gasteiger charge is 2.19. The van der Waals surface area contributed by atoms with E-state index in [9.17, 15) is 4.79 Å². The zero-order valence-electron chi connectivity index (χ0n) is 13.6. The van der Waals surface area contributed by atoms with Crippen LogP contribution < -0.4 is 0 Å². The van der Waals surface area contributed by atoms with Crippen molar-refractivity contribution in [2.24, 2.45) is 0 Å². The highest BCUT2D eigenvalue weighted by atomic mass is 32.2. The Hall–Kier alpha value is -2.25. The van der Waals surface area contributed by atoms with Crippen molar-refractivity contribution in [3.8, 4) is 6.07 Å². The molecule has 0 aliphatic rings. The highest BCUT2D eigenvalue weighted by molar-refractivity contribution is 7.98. The second-order valence-electron chi connectivity index (χ2n) is 5.57. The second kappa shape index (κ2) is 7.85. The van der Waals surface area contributed by atoms with Gasteiger partial charge in [-0.05, 0) is 56.0 Å². The highest BCUT2D eigenvalue weighted by Crippen LogP contribution is 2.19. The number of amides is 1. The molecule has 2 rings (SSSR count). The van der Waals surface area contributed by atoms with Gasteiger partial charge >= 0.3 is 0 Å². The molecular weight excluding hydrogens is 304 g/mol. The van der Waals surface area contributed by atoms with E-state index in [1.807, 2.05) is 37.1 Å². The fourth-order valence-corrected chi connectivity index (χ4v) is 2.83. The van der Waals surface area contributed by atoms with Gasteiger partial charge in [-0.2, -0.15) is 5.26 Å². The van der Waals surface area contributed by atoms with Crippen molar-refractivity contribution in [3.63, 3.8) is 0 Å². The molecule has 0 unspecified atom stereocenters. The van der Waals surface area contributed by atoms with Crippen LogP contribution in [0.3, 0.4) is 0 Å². The van der Waals surface area contributed by atoms with Crippen molar-refractivity contribution >= 4 is 17.7 Å². The minimum Gasteiger partial charge on any atom is -0.332 e. The molecule has 0 aromatic heterocycles. The van der Waals surface area contributed by atoms with E-state index in [1.165, 1.54) is 4.90 Å². The van der Waals surface area contributed by atoms with Gasteiger partial charge in [0.1, 0.15) is 0 Å². The number of carbonyl (C=O) groups excluding carboxylic acids is 1. The van der Waals surface area contributed by atoms with E-state index < -0.39 is 0 Å². The van der Waals surface area contributed by atoms with Crippen molar-refractivity contribution in [1.82, 2.24) is 4.90 Å². The molecular formula is C19H20N2OS. The normalized spacial score (nSPS) is 10.4. The largest absolute Gasteiger partial charge is 0.332 e. The molecule has 118 valence electrons. The Labute approximate surface area is 141 Å². The van der Waals surface area contributed by atoms with Gasteiger partial charge in [-0.15, -0.1) is 11.8 Å². The number of hydrogen-bond acceptors (Lipinski definition) is 3. The molecule has 2 aromatic rings. The summed E-state index contributed by atoms with van der Waals surface area (Å²) in [5, 5.41) is 9.01. The van der Waals surface area contributed by atoms with E-state index in [-0.39, 0.29) is 11.9 Å². The summed E-state index contributed by atoms with van der Waals surface area (Å²) < 4.78 is 0. The number of nitrogens with zero attached hydrogens (tertiary/aromatic N) is 2. The number of carbonyl (C=O) groups is 1. The van der Waals surface area contributed by atoms with Crippen LogP contribution >= 0.6 is 11.8 Å². The summed E-state index contributed by atoms with van der Waals surface area (Å²) in [6.07, 6.45) is 2.04. The van der Waals surface area contributed by atoms with Crippen LogP contribution in [0.15, 0.2) is 53.4 Å². The average molecular weight is 324 g/mol. The molecule has 0 fully saturated rings. The van der Waals surface area contributed by atoms with Gasteiger partial charge in [-0.1, -0.05) is 18.2 Å². The summed E-state index contributed by atoms with van der Waals surface area (Å²) in [6, 6.07) is 17.2. The summed E-state index contributed by atoms with van der Waals surface area (Å²) >= 11 is 1.69. The summed E-state index contributed by atoms with van der Waals surface area (Å²) in [5.74, 6) is -0.0494. The maximum atomic E-state index is 12.8. The number of nitriles is 1. The molecule has 0 bridgehead atoms. The zero-order valence-corrected chi connectivity index (χ0v) is 14.4. The van der Waals surface area contributed by atoms with Crippen LogP contribution in [0.4, 0.5) is 0 Å². The fourth-order valence-electron chi connectivity index (χ4n) is 2.34. The van der Waals surface area contributed by atoms with Gasteiger partial charge < -0.3 is 4.90 Å². The third-order valence-corrected chi connectivity index (χ3v) is 4.34. The molecule has 2 aromatic carbocycles. The van der Waals surface area contributed by atoms with Crippen molar-refractivity contribution in [3.05, 3.63) is 65.2 Å². The van der Waals surface area contributed by atoms with E-state index in [0.29, 0.717) is 17.7 Å². The zero-order chi connectivity index (χ0) is 16.8. The SMILES string of the molecule is CSc1cccc(CN(C(=O)c2cccc(C#N)c2)C(C)C)c1. The lowest BCUT2D eigenvalue weighted by Crippen LogP contribution is -2.36. The molecule has 0 N–H and O–H groups in total. The predicted octanol–water partition coefficient (Wildman–Crippen LogP) is 4.33. The predicted molar refractivity (Wildman–Crippen MR) is 94.4 cm³/mol. The van der Waals surface area contributed by atoms with Gasteiger partial charge in [-0.3, -0.25) is 4.79 Å². The van der Waals surface area contributed by atoms with E-state index in [1.54, 1.807) is 36.0 Å². The van der Waals surface area contributed by atoms with E-state index in [0.717, 1.165) is 5.56 Å². The first-order valence-corrected chi connectivity index (χ1v) is 8.71. The maximum absolute atomic E-state index is 12.8. The Kier molecular flexibility index (Phi) is 5.84. The first-order valence-electron chi connectivity index (χ1n) is 7.49. The minimum atomic E-state index is -0.0494. The standard InChI is InChI=1S/C19H20N2OS/c1-14(2)21(13-16-7-5-9-18(11-16)23-3)19(22)17-8-4-6-15(10-17)12-20/h4-11,14H,13H2,1-3H3. The molecule has 3 nitrogen and oxygen atoms in total. The molecule has 0 spiro atoms. The number of rotatable bonds is 5. The molecule has 23 heavy (non-hydrogen) atoms. The average Bonchev–Trinajstić information content (AvgIpc) is 2.59. The lowest BCUT2D eigenvalue weighted by atomic mass is 10.1. The molecule has 0 aliphatic heterocycles. The minimum absolute atomic E-state index is 0.0494. The third-order valence-electron chi connectivity index (χ3n) is 3.61. The molecule has 0 atom stereocenters. The Balaban J connectivity index is 2.27. The van der Waals surface area contributed by atoms with Gasteiger partial charge in [0.25, 0.3) is 5.91 Å². The van der Waals surface area contributed by atoms with Gasteiger partial charge in [0.2, 0.25) is 0 Å². The van der Waals surface area contributed by atoms with Crippen LogP contribution in [-0.4, -0.2) is 23.1 Å². The summed E-state index contributed by atoms with van der Waals surface area (Å²) in [6.45, 7) is 4.57. The number of thioether (sulfide) groups is 1. The topological polar surface area (TPSA) is 44.1 Å². The van der Waals surface area contributed by atoms with Crippen molar-refractivity contribution in [2.45, 2.75) is 31.3 Å². The van der Waals surface area contributed by atoms with Crippen molar-refractivity contribution in [1.29, 1.82) is 5.26 Å². The molecule has 0 saturated heterocycles. The first-order chi connectivity index (χ1) is 11.0. The molecule has 0 aliphatic carbocycles. The van der Waals surface area contributed by atoms with Crippen LogP contribution in [0.1, 0.15) is 35.3 Å². The number of hydrogen-bond donors (Lipinski definition) is 0. The quantitative estimate of drug-likeness (QED) is 0.769. The Bertz CT molecular complexity index is 734. The summed E-state index contributed by atoms with van der Waals surface area (Å²) in [7, 11) is 0.